The molecule has 2 rings (SSSR count). The van der Waals surface area contributed by atoms with Crippen LogP contribution in [0.4, 0.5) is 0 Å². The average Bonchev–Trinajstić information content (AvgIpc) is 2.71. The third kappa shape index (κ3) is 7.19. The Morgan fingerprint density at radius 2 is 1.79 bits per heavy atom. The first kappa shape index (κ1) is 23.5. The van der Waals surface area contributed by atoms with Gasteiger partial charge in [0.2, 0.25) is 5.91 Å². The molecular weight excluding hydrogens is 503 g/mol. The van der Waals surface area contributed by atoms with Gasteiger partial charge in [0, 0.05) is 21.2 Å². The average molecular weight is 529 g/mol. The fourth-order valence-electron chi connectivity index (χ4n) is 2.62. The van der Waals surface area contributed by atoms with E-state index in [9.17, 15) is 9.59 Å². The van der Waals surface area contributed by atoms with E-state index in [1.54, 1.807) is 13.0 Å². The summed E-state index contributed by atoms with van der Waals surface area (Å²) in [5.41, 5.74) is 0.778. The minimum atomic E-state index is -0.659. The van der Waals surface area contributed by atoms with E-state index in [1.165, 1.54) is 4.90 Å². The van der Waals surface area contributed by atoms with Gasteiger partial charge in [0.25, 0.3) is 5.91 Å². The summed E-state index contributed by atoms with van der Waals surface area (Å²) >= 11 is 8.49. The number of amides is 2. The number of hydrogen-bond donors (Lipinski definition) is 1. The highest BCUT2D eigenvalue weighted by atomic mass is 127. The van der Waals surface area contributed by atoms with E-state index in [4.69, 9.17) is 16.3 Å². The van der Waals surface area contributed by atoms with Crippen LogP contribution in [-0.2, 0) is 16.1 Å². The molecule has 0 bridgehead atoms. The molecule has 0 aromatic heterocycles. The summed E-state index contributed by atoms with van der Waals surface area (Å²) < 4.78 is 6.73. The molecule has 0 heterocycles. The van der Waals surface area contributed by atoms with Crippen molar-refractivity contribution in [2.45, 2.75) is 45.8 Å². The predicted octanol–water partition coefficient (Wildman–Crippen LogP) is 4.66. The van der Waals surface area contributed by atoms with Crippen molar-refractivity contribution < 1.29 is 14.3 Å². The van der Waals surface area contributed by atoms with Gasteiger partial charge in [0.1, 0.15) is 11.8 Å². The van der Waals surface area contributed by atoms with E-state index < -0.39 is 6.04 Å². The number of carbonyl (C=O) groups is 2. The van der Waals surface area contributed by atoms with Crippen LogP contribution in [0.25, 0.3) is 0 Å². The molecule has 0 aliphatic carbocycles. The van der Waals surface area contributed by atoms with Crippen LogP contribution in [0.2, 0.25) is 5.02 Å². The van der Waals surface area contributed by atoms with Gasteiger partial charge in [-0.25, -0.2) is 0 Å². The van der Waals surface area contributed by atoms with Crippen molar-refractivity contribution in [3.05, 3.63) is 62.7 Å². The standard InChI is InChI=1S/C22H26ClIN2O3/c1-4-15(2)25-22(28)16(3)26(13-17-7-5-6-8-20(17)23)21(27)14-29-19-11-9-18(24)10-12-19/h5-12,15-16H,4,13-14H2,1-3H3,(H,25,28). The Kier molecular flexibility index (Phi) is 9.23. The Labute approximate surface area is 190 Å². The summed E-state index contributed by atoms with van der Waals surface area (Å²) in [6.45, 7) is 5.72. The fraction of sp³-hybridized carbons (Fsp3) is 0.364. The van der Waals surface area contributed by atoms with Crippen molar-refractivity contribution in [3.63, 3.8) is 0 Å². The van der Waals surface area contributed by atoms with Crippen LogP contribution in [0.15, 0.2) is 48.5 Å². The SMILES string of the molecule is CCC(C)NC(=O)C(C)N(Cc1ccccc1Cl)C(=O)COc1ccc(I)cc1. The molecule has 0 aliphatic rings. The van der Waals surface area contributed by atoms with Crippen molar-refractivity contribution in [3.8, 4) is 5.75 Å². The minimum Gasteiger partial charge on any atom is -0.484 e. The first-order chi connectivity index (χ1) is 13.8. The Morgan fingerprint density at radius 3 is 2.41 bits per heavy atom. The number of nitrogens with one attached hydrogen (secondary N) is 1. The smallest absolute Gasteiger partial charge is 0.261 e. The molecule has 2 unspecified atom stereocenters. The quantitative estimate of drug-likeness (QED) is 0.482. The van der Waals surface area contributed by atoms with Crippen molar-refractivity contribution in [2.75, 3.05) is 6.61 Å². The normalized spacial score (nSPS) is 12.7. The number of benzene rings is 2. The lowest BCUT2D eigenvalue weighted by Crippen LogP contribution is -2.50. The zero-order chi connectivity index (χ0) is 21.4. The molecule has 0 fully saturated rings. The monoisotopic (exact) mass is 528 g/mol. The number of rotatable bonds is 9. The topological polar surface area (TPSA) is 58.6 Å². The summed E-state index contributed by atoms with van der Waals surface area (Å²) in [4.78, 5) is 27.1. The summed E-state index contributed by atoms with van der Waals surface area (Å²) in [5, 5.41) is 3.49. The second-order valence-electron chi connectivity index (χ2n) is 6.85. The molecule has 156 valence electrons. The first-order valence-corrected chi connectivity index (χ1v) is 11.0. The van der Waals surface area contributed by atoms with Gasteiger partial charge in [0.05, 0.1) is 0 Å². The van der Waals surface area contributed by atoms with E-state index in [0.717, 1.165) is 15.6 Å². The van der Waals surface area contributed by atoms with Crippen molar-refractivity contribution in [1.29, 1.82) is 0 Å². The van der Waals surface area contributed by atoms with Crippen LogP contribution < -0.4 is 10.1 Å². The Balaban J connectivity index is 2.15. The van der Waals surface area contributed by atoms with Crippen LogP contribution >= 0.6 is 34.2 Å². The first-order valence-electron chi connectivity index (χ1n) is 9.53. The van der Waals surface area contributed by atoms with E-state index >= 15 is 0 Å². The highest BCUT2D eigenvalue weighted by molar-refractivity contribution is 14.1. The molecule has 2 aromatic carbocycles. The van der Waals surface area contributed by atoms with Crippen LogP contribution in [0.5, 0.6) is 5.75 Å². The highest BCUT2D eigenvalue weighted by Gasteiger charge is 2.27. The summed E-state index contributed by atoms with van der Waals surface area (Å²) in [6, 6.07) is 14.1. The molecule has 0 spiro atoms. The zero-order valence-corrected chi connectivity index (χ0v) is 19.7. The molecular formula is C22H26ClIN2O3. The van der Waals surface area contributed by atoms with Crippen LogP contribution in [0.1, 0.15) is 32.8 Å². The molecule has 0 aliphatic heterocycles. The van der Waals surface area contributed by atoms with Gasteiger partial charge >= 0.3 is 0 Å². The zero-order valence-electron chi connectivity index (χ0n) is 16.8. The van der Waals surface area contributed by atoms with Crippen LogP contribution in [0, 0.1) is 3.57 Å². The Morgan fingerprint density at radius 1 is 1.14 bits per heavy atom. The molecule has 2 atom stereocenters. The van der Waals surface area contributed by atoms with Crippen LogP contribution in [-0.4, -0.2) is 35.4 Å². The Hall–Kier alpha value is -1.80. The number of halogens is 2. The van der Waals surface area contributed by atoms with Gasteiger partial charge in [-0.15, -0.1) is 0 Å². The van der Waals surface area contributed by atoms with E-state index in [0.29, 0.717) is 10.8 Å². The van der Waals surface area contributed by atoms with Crippen molar-refractivity contribution in [1.82, 2.24) is 10.2 Å². The second-order valence-corrected chi connectivity index (χ2v) is 8.50. The Bertz CT molecular complexity index is 829. The predicted molar refractivity (Wildman–Crippen MR) is 124 cm³/mol. The van der Waals surface area contributed by atoms with Crippen molar-refractivity contribution in [2.24, 2.45) is 0 Å². The third-order valence-corrected chi connectivity index (χ3v) is 5.73. The van der Waals surface area contributed by atoms with Crippen LogP contribution in [0.3, 0.4) is 0 Å². The number of carbonyl (C=O) groups excluding carboxylic acids is 2. The summed E-state index contributed by atoms with van der Waals surface area (Å²) in [5.74, 6) is 0.123. The molecule has 0 radical (unpaired) electrons. The fourth-order valence-corrected chi connectivity index (χ4v) is 3.17. The number of ether oxygens (including phenoxy) is 1. The maximum Gasteiger partial charge on any atom is 0.261 e. The lowest BCUT2D eigenvalue weighted by Gasteiger charge is -2.30. The molecule has 2 aromatic rings. The molecule has 1 N–H and O–H groups in total. The van der Waals surface area contributed by atoms with Gasteiger partial charge in [-0.2, -0.15) is 0 Å². The summed E-state index contributed by atoms with van der Waals surface area (Å²) in [7, 11) is 0. The number of nitrogens with zero attached hydrogens (tertiary/aromatic N) is 1. The van der Waals surface area contributed by atoms with Gasteiger partial charge in [-0.05, 0) is 78.8 Å². The van der Waals surface area contributed by atoms with E-state index in [-0.39, 0.29) is 31.0 Å². The van der Waals surface area contributed by atoms with E-state index in [1.807, 2.05) is 56.3 Å². The van der Waals surface area contributed by atoms with Gasteiger partial charge < -0.3 is 15.0 Å². The molecule has 2 amide bonds. The molecule has 0 saturated carbocycles. The van der Waals surface area contributed by atoms with Gasteiger partial charge in [0.15, 0.2) is 6.61 Å². The molecule has 7 heteroatoms. The highest BCUT2D eigenvalue weighted by Crippen LogP contribution is 2.19. The third-order valence-electron chi connectivity index (χ3n) is 4.64. The summed E-state index contributed by atoms with van der Waals surface area (Å²) in [6.07, 6.45) is 0.812. The maximum absolute atomic E-state index is 13.0. The van der Waals surface area contributed by atoms with Crippen molar-refractivity contribution >= 4 is 46.0 Å². The molecule has 5 nitrogen and oxygen atoms in total. The second kappa shape index (κ2) is 11.4. The lowest BCUT2D eigenvalue weighted by atomic mass is 10.1. The van der Waals surface area contributed by atoms with Gasteiger partial charge in [-0.3, -0.25) is 9.59 Å². The molecule has 29 heavy (non-hydrogen) atoms. The number of hydrogen-bond acceptors (Lipinski definition) is 3. The largest absolute Gasteiger partial charge is 0.484 e. The molecule has 0 saturated heterocycles. The lowest BCUT2D eigenvalue weighted by molar-refractivity contribution is -0.142. The van der Waals surface area contributed by atoms with E-state index in [2.05, 4.69) is 27.9 Å². The minimum absolute atomic E-state index is 0.0326. The van der Waals surface area contributed by atoms with Gasteiger partial charge in [-0.1, -0.05) is 36.7 Å². The maximum atomic E-state index is 13.0.